The van der Waals surface area contributed by atoms with Crippen molar-refractivity contribution in [3.8, 4) is 0 Å². The third-order valence-corrected chi connectivity index (χ3v) is 3.28. The summed E-state index contributed by atoms with van der Waals surface area (Å²) < 4.78 is 0. The molecule has 0 amide bonds. The fraction of sp³-hybridized carbons (Fsp3) is 0.625. The molecule has 1 N–H and O–H groups in total. The van der Waals surface area contributed by atoms with Gasteiger partial charge in [0.2, 0.25) is 0 Å². The largest absolute Gasteiger partial charge is 0.319 e. The zero-order valence-corrected chi connectivity index (χ0v) is 12.2. The number of hydrogen-bond donors (Lipinski definition) is 1. The molecule has 0 aliphatic heterocycles. The maximum absolute atomic E-state index is 3.18. The Balaban J connectivity index is 2.33. The highest BCUT2D eigenvalue weighted by atomic mass is 15.1. The molecule has 0 bridgehead atoms. The van der Waals surface area contributed by atoms with Crippen LogP contribution >= 0.6 is 0 Å². The van der Waals surface area contributed by atoms with Gasteiger partial charge in [0, 0.05) is 6.54 Å². The smallest absolute Gasteiger partial charge is 0.0230 e. The SMILES string of the molecule is CCCCCN(C)Cc1ccc(CCNC)cc1. The first-order valence-corrected chi connectivity index (χ1v) is 7.17. The molecule has 1 rings (SSSR count). The highest BCUT2D eigenvalue weighted by Crippen LogP contribution is 2.08. The molecular weight excluding hydrogens is 220 g/mol. The molecule has 0 spiro atoms. The van der Waals surface area contributed by atoms with Crippen LogP contribution in [0.15, 0.2) is 24.3 Å². The standard InChI is InChI=1S/C16H28N2/c1-4-5-6-13-18(3)14-16-9-7-15(8-10-16)11-12-17-2/h7-10,17H,4-6,11-14H2,1-3H3. The van der Waals surface area contributed by atoms with E-state index in [4.69, 9.17) is 0 Å². The molecule has 0 heterocycles. The Morgan fingerprint density at radius 1 is 1.06 bits per heavy atom. The molecule has 0 atom stereocenters. The third kappa shape index (κ3) is 6.18. The quantitative estimate of drug-likeness (QED) is 0.676. The van der Waals surface area contributed by atoms with E-state index >= 15 is 0 Å². The number of nitrogens with one attached hydrogen (secondary N) is 1. The van der Waals surface area contributed by atoms with E-state index in [0.29, 0.717) is 0 Å². The summed E-state index contributed by atoms with van der Waals surface area (Å²) in [5.41, 5.74) is 2.84. The summed E-state index contributed by atoms with van der Waals surface area (Å²) in [6, 6.07) is 9.04. The van der Waals surface area contributed by atoms with Crippen LogP contribution in [0, 0.1) is 0 Å². The summed E-state index contributed by atoms with van der Waals surface area (Å²) in [5, 5.41) is 3.18. The molecule has 0 unspecified atom stereocenters. The maximum atomic E-state index is 3.18. The van der Waals surface area contributed by atoms with Gasteiger partial charge in [0.15, 0.2) is 0 Å². The van der Waals surface area contributed by atoms with Gasteiger partial charge in [0.05, 0.1) is 0 Å². The monoisotopic (exact) mass is 248 g/mol. The molecule has 0 aliphatic carbocycles. The Labute approximate surface area is 112 Å². The van der Waals surface area contributed by atoms with E-state index in [2.05, 4.69) is 48.5 Å². The van der Waals surface area contributed by atoms with E-state index in [1.807, 2.05) is 7.05 Å². The van der Waals surface area contributed by atoms with Crippen molar-refractivity contribution in [2.45, 2.75) is 39.2 Å². The lowest BCUT2D eigenvalue weighted by Gasteiger charge is -2.16. The summed E-state index contributed by atoms with van der Waals surface area (Å²) in [4.78, 5) is 2.41. The van der Waals surface area contributed by atoms with Crippen LogP contribution in [0.3, 0.4) is 0 Å². The normalized spacial score (nSPS) is 11.1. The van der Waals surface area contributed by atoms with E-state index in [-0.39, 0.29) is 0 Å². The molecule has 0 saturated carbocycles. The van der Waals surface area contributed by atoms with Gasteiger partial charge in [0.25, 0.3) is 0 Å². The van der Waals surface area contributed by atoms with E-state index in [1.165, 1.54) is 36.9 Å². The van der Waals surface area contributed by atoms with E-state index in [9.17, 15) is 0 Å². The predicted octanol–water partition coefficient (Wildman–Crippen LogP) is 3.07. The van der Waals surface area contributed by atoms with Gasteiger partial charge in [-0.2, -0.15) is 0 Å². The zero-order valence-electron chi connectivity index (χ0n) is 12.2. The van der Waals surface area contributed by atoms with Gasteiger partial charge in [-0.15, -0.1) is 0 Å². The molecule has 102 valence electrons. The van der Waals surface area contributed by atoms with Crippen molar-refractivity contribution in [2.24, 2.45) is 0 Å². The fourth-order valence-electron chi connectivity index (χ4n) is 2.10. The number of rotatable bonds is 9. The van der Waals surface area contributed by atoms with Gasteiger partial charge in [-0.1, -0.05) is 44.0 Å². The van der Waals surface area contributed by atoms with Crippen molar-refractivity contribution < 1.29 is 0 Å². The third-order valence-electron chi connectivity index (χ3n) is 3.28. The Hall–Kier alpha value is -0.860. The Kier molecular flexibility index (Phi) is 7.70. The van der Waals surface area contributed by atoms with Crippen LogP contribution in [0.2, 0.25) is 0 Å². The summed E-state index contributed by atoms with van der Waals surface area (Å²) in [7, 11) is 4.21. The first kappa shape index (κ1) is 15.2. The van der Waals surface area contributed by atoms with Gasteiger partial charge in [-0.05, 0) is 51.2 Å². The topological polar surface area (TPSA) is 15.3 Å². The highest BCUT2D eigenvalue weighted by molar-refractivity contribution is 5.22. The number of hydrogen-bond acceptors (Lipinski definition) is 2. The molecular formula is C16H28N2. The maximum Gasteiger partial charge on any atom is 0.0230 e. The number of unbranched alkanes of at least 4 members (excludes halogenated alkanes) is 2. The highest BCUT2D eigenvalue weighted by Gasteiger charge is 2.00. The molecule has 18 heavy (non-hydrogen) atoms. The molecule has 0 aliphatic rings. The second-order valence-electron chi connectivity index (χ2n) is 5.11. The van der Waals surface area contributed by atoms with E-state index in [1.54, 1.807) is 0 Å². The van der Waals surface area contributed by atoms with Gasteiger partial charge in [0.1, 0.15) is 0 Å². The lowest BCUT2D eigenvalue weighted by molar-refractivity contribution is 0.318. The molecule has 0 aromatic heterocycles. The lowest BCUT2D eigenvalue weighted by Crippen LogP contribution is -2.19. The number of nitrogens with zero attached hydrogens (tertiary/aromatic N) is 1. The van der Waals surface area contributed by atoms with Gasteiger partial charge >= 0.3 is 0 Å². The Morgan fingerprint density at radius 2 is 1.72 bits per heavy atom. The molecule has 1 aromatic carbocycles. The first-order chi connectivity index (χ1) is 8.76. The summed E-state index contributed by atoms with van der Waals surface area (Å²) in [6.07, 6.45) is 5.07. The second kappa shape index (κ2) is 9.12. The van der Waals surface area contributed by atoms with Crippen LogP contribution in [0.4, 0.5) is 0 Å². The Bertz CT molecular complexity index is 305. The number of likely N-dealkylation sites (N-methyl/N-ethyl adjacent to an activating group) is 1. The number of benzene rings is 1. The fourth-order valence-corrected chi connectivity index (χ4v) is 2.10. The van der Waals surface area contributed by atoms with E-state index in [0.717, 1.165) is 19.5 Å². The van der Waals surface area contributed by atoms with Crippen LogP contribution in [-0.4, -0.2) is 32.1 Å². The summed E-state index contributed by atoms with van der Waals surface area (Å²) >= 11 is 0. The van der Waals surface area contributed by atoms with Gasteiger partial charge in [-0.3, -0.25) is 0 Å². The van der Waals surface area contributed by atoms with Crippen LogP contribution in [0.5, 0.6) is 0 Å². The second-order valence-corrected chi connectivity index (χ2v) is 5.11. The van der Waals surface area contributed by atoms with Crippen molar-refractivity contribution in [1.82, 2.24) is 10.2 Å². The molecule has 0 saturated heterocycles. The van der Waals surface area contributed by atoms with Crippen LogP contribution in [0.1, 0.15) is 37.3 Å². The first-order valence-electron chi connectivity index (χ1n) is 7.17. The molecule has 0 radical (unpaired) electrons. The van der Waals surface area contributed by atoms with Crippen molar-refractivity contribution >= 4 is 0 Å². The molecule has 0 fully saturated rings. The van der Waals surface area contributed by atoms with Crippen molar-refractivity contribution in [2.75, 3.05) is 27.2 Å². The minimum absolute atomic E-state index is 1.05. The zero-order chi connectivity index (χ0) is 13.2. The average molecular weight is 248 g/mol. The average Bonchev–Trinajstić information content (AvgIpc) is 2.38. The summed E-state index contributed by atoms with van der Waals surface area (Å²) in [5.74, 6) is 0. The molecule has 2 nitrogen and oxygen atoms in total. The van der Waals surface area contributed by atoms with Gasteiger partial charge < -0.3 is 10.2 Å². The van der Waals surface area contributed by atoms with Crippen molar-refractivity contribution in [3.05, 3.63) is 35.4 Å². The van der Waals surface area contributed by atoms with Crippen LogP contribution in [-0.2, 0) is 13.0 Å². The van der Waals surface area contributed by atoms with Crippen molar-refractivity contribution in [1.29, 1.82) is 0 Å². The van der Waals surface area contributed by atoms with Gasteiger partial charge in [-0.25, -0.2) is 0 Å². The minimum Gasteiger partial charge on any atom is -0.319 e. The Morgan fingerprint density at radius 3 is 2.33 bits per heavy atom. The predicted molar refractivity (Wildman–Crippen MR) is 79.9 cm³/mol. The van der Waals surface area contributed by atoms with Crippen LogP contribution < -0.4 is 5.32 Å². The molecule has 2 heteroatoms. The summed E-state index contributed by atoms with van der Waals surface area (Å²) in [6.45, 7) is 5.57. The van der Waals surface area contributed by atoms with Crippen LogP contribution in [0.25, 0.3) is 0 Å². The van der Waals surface area contributed by atoms with E-state index < -0.39 is 0 Å². The van der Waals surface area contributed by atoms with Crippen molar-refractivity contribution in [3.63, 3.8) is 0 Å². The lowest BCUT2D eigenvalue weighted by atomic mass is 10.1. The molecule has 1 aromatic rings. The minimum atomic E-state index is 1.05.